The summed E-state index contributed by atoms with van der Waals surface area (Å²) in [5, 5.41) is 13.1. The maximum Gasteiger partial charge on any atom is 0.327 e. The molecule has 1 aliphatic heterocycles. The molecule has 2 aromatic heterocycles. The number of carbonyl (C=O) groups is 1. The van der Waals surface area contributed by atoms with Crippen molar-refractivity contribution in [3.63, 3.8) is 0 Å². The molecule has 1 fully saturated rings. The van der Waals surface area contributed by atoms with E-state index in [1.807, 2.05) is 19.9 Å². The number of nitrogens with one attached hydrogen (secondary N) is 1. The second kappa shape index (κ2) is 11.1. The number of rotatable bonds is 10. The maximum absolute atomic E-state index is 13.1. The van der Waals surface area contributed by atoms with Gasteiger partial charge in [0.05, 0.1) is 24.3 Å². The second-order valence-electron chi connectivity index (χ2n) is 9.16. The molecule has 35 heavy (non-hydrogen) atoms. The van der Waals surface area contributed by atoms with Crippen LogP contribution < -0.4 is 5.56 Å². The highest BCUT2D eigenvalue weighted by atomic mass is 16.5. The van der Waals surface area contributed by atoms with Crippen LogP contribution in [0.2, 0.25) is 0 Å². The smallest absolute Gasteiger partial charge is 0.327 e. The standard InChI is InChI=1S/C25H34N6O4/c1-5-21(24-27-28-29-31(24)15-22(32)34-6-2)30(14-20-8-7-9-35-20)13-19-12-18-11-16(3)10-17(4)23(18)26-25(19)33/h10-12,20-21H,5-9,13-15H2,1-4H3,(H,26,33)/t20-,21+/m1/s1. The van der Waals surface area contributed by atoms with Crippen molar-refractivity contribution in [1.82, 2.24) is 30.1 Å². The number of esters is 1. The number of hydrogen-bond donors (Lipinski definition) is 1. The number of aryl methyl sites for hydroxylation is 2. The number of nitrogens with zero attached hydrogens (tertiary/aromatic N) is 5. The molecule has 0 amide bonds. The summed E-state index contributed by atoms with van der Waals surface area (Å²) in [7, 11) is 0. The number of carbonyl (C=O) groups excluding carboxylic acids is 1. The van der Waals surface area contributed by atoms with Crippen LogP contribution in [0.4, 0.5) is 0 Å². The summed E-state index contributed by atoms with van der Waals surface area (Å²) in [6, 6.07) is 5.92. The monoisotopic (exact) mass is 482 g/mol. The summed E-state index contributed by atoms with van der Waals surface area (Å²) in [6.45, 7) is 9.89. The van der Waals surface area contributed by atoms with Crippen LogP contribution in [0.15, 0.2) is 23.0 Å². The van der Waals surface area contributed by atoms with E-state index in [1.165, 1.54) is 4.68 Å². The first kappa shape index (κ1) is 25.0. The number of hydrogen-bond acceptors (Lipinski definition) is 8. The molecule has 0 aliphatic carbocycles. The van der Waals surface area contributed by atoms with Crippen LogP contribution in [0.3, 0.4) is 0 Å². The summed E-state index contributed by atoms with van der Waals surface area (Å²) in [6.07, 6.45) is 2.75. The second-order valence-corrected chi connectivity index (χ2v) is 9.16. The van der Waals surface area contributed by atoms with E-state index in [0.29, 0.717) is 37.5 Å². The van der Waals surface area contributed by atoms with E-state index in [9.17, 15) is 9.59 Å². The largest absolute Gasteiger partial charge is 0.465 e. The van der Waals surface area contributed by atoms with Gasteiger partial charge in [-0.1, -0.05) is 18.6 Å². The summed E-state index contributed by atoms with van der Waals surface area (Å²) in [5.41, 5.74) is 3.62. The lowest BCUT2D eigenvalue weighted by Gasteiger charge is -2.32. The van der Waals surface area contributed by atoms with Gasteiger partial charge >= 0.3 is 5.97 Å². The van der Waals surface area contributed by atoms with Crippen molar-refractivity contribution >= 4 is 16.9 Å². The van der Waals surface area contributed by atoms with E-state index in [2.05, 4.69) is 44.5 Å². The first-order valence-electron chi connectivity index (χ1n) is 12.3. The van der Waals surface area contributed by atoms with E-state index >= 15 is 0 Å². The highest BCUT2D eigenvalue weighted by Crippen LogP contribution is 2.27. The van der Waals surface area contributed by atoms with Gasteiger partial charge in [-0.05, 0) is 73.5 Å². The molecule has 1 saturated heterocycles. The molecular weight excluding hydrogens is 448 g/mol. The van der Waals surface area contributed by atoms with Gasteiger partial charge in [0.25, 0.3) is 5.56 Å². The van der Waals surface area contributed by atoms with Gasteiger partial charge in [0.15, 0.2) is 5.82 Å². The number of aromatic amines is 1. The Labute approximate surface area is 204 Å². The zero-order valence-corrected chi connectivity index (χ0v) is 20.9. The Bertz CT molecular complexity index is 1230. The van der Waals surface area contributed by atoms with Gasteiger partial charge in [0.1, 0.15) is 6.54 Å². The minimum atomic E-state index is -0.390. The average molecular weight is 483 g/mol. The van der Waals surface area contributed by atoms with Crippen molar-refractivity contribution in [3.8, 4) is 0 Å². The first-order chi connectivity index (χ1) is 16.9. The fourth-order valence-corrected chi connectivity index (χ4v) is 4.92. The van der Waals surface area contributed by atoms with Crippen LogP contribution in [0.1, 0.15) is 61.7 Å². The number of aromatic nitrogens is 5. The molecule has 3 aromatic rings. The highest BCUT2D eigenvalue weighted by Gasteiger charge is 2.30. The SMILES string of the molecule is CCOC(=O)Cn1nnnc1[C@H](CC)N(Cc1cc2cc(C)cc(C)c2[nH]c1=O)C[C@H]1CCCO1. The Morgan fingerprint density at radius 1 is 1.31 bits per heavy atom. The van der Waals surface area contributed by atoms with Gasteiger partial charge in [-0.2, -0.15) is 0 Å². The summed E-state index contributed by atoms with van der Waals surface area (Å²) in [5.74, 6) is 0.181. The van der Waals surface area contributed by atoms with Crippen molar-refractivity contribution in [1.29, 1.82) is 0 Å². The van der Waals surface area contributed by atoms with Crippen LogP contribution >= 0.6 is 0 Å². The predicted octanol–water partition coefficient (Wildman–Crippen LogP) is 2.83. The number of ether oxygens (including phenoxy) is 2. The maximum atomic E-state index is 13.1. The van der Waals surface area contributed by atoms with Crippen molar-refractivity contribution in [3.05, 3.63) is 51.1 Å². The van der Waals surface area contributed by atoms with Crippen LogP contribution in [0.5, 0.6) is 0 Å². The van der Waals surface area contributed by atoms with Crippen molar-refractivity contribution in [2.45, 2.75) is 72.2 Å². The molecule has 3 heterocycles. The molecule has 0 unspecified atom stereocenters. The molecule has 1 N–H and O–H groups in total. The molecule has 1 aliphatic rings. The Balaban J connectivity index is 1.68. The van der Waals surface area contributed by atoms with Gasteiger partial charge in [0, 0.05) is 25.3 Å². The Morgan fingerprint density at radius 2 is 2.14 bits per heavy atom. The molecule has 0 radical (unpaired) electrons. The molecule has 1 aromatic carbocycles. The van der Waals surface area contributed by atoms with Gasteiger partial charge in [-0.15, -0.1) is 5.10 Å². The third-order valence-electron chi connectivity index (χ3n) is 6.48. The lowest BCUT2D eigenvalue weighted by Crippen LogP contribution is -2.38. The summed E-state index contributed by atoms with van der Waals surface area (Å²) in [4.78, 5) is 30.5. The van der Waals surface area contributed by atoms with Crippen LogP contribution in [0, 0.1) is 13.8 Å². The van der Waals surface area contributed by atoms with E-state index in [1.54, 1.807) is 6.92 Å². The Hall–Kier alpha value is -3.11. The van der Waals surface area contributed by atoms with Crippen LogP contribution in [-0.2, 0) is 27.4 Å². The molecule has 10 nitrogen and oxygen atoms in total. The van der Waals surface area contributed by atoms with E-state index < -0.39 is 5.97 Å². The fourth-order valence-electron chi connectivity index (χ4n) is 4.92. The fraction of sp³-hybridized carbons (Fsp3) is 0.560. The van der Waals surface area contributed by atoms with Crippen LogP contribution in [0.25, 0.3) is 10.9 Å². The molecule has 0 bridgehead atoms. The number of pyridine rings is 1. The summed E-state index contributed by atoms with van der Waals surface area (Å²) >= 11 is 0. The molecule has 188 valence electrons. The summed E-state index contributed by atoms with van der Waals surface area (Å²) < 4.78 is 12.5. The highest BCUT2D eigenvalue weighted by molar-refractivity contribution is 5.82. The third kappa shape index (κ3) is 5.76. The van der Waals surface area contributed by atoms with Crippen molar-refractivity contribution in [2.75, 3.05) is 19.8 Å². The number of tetrazole rings is 1. The van der Waals surface area contributed by atoms with E-state index in [-0.39, 0.29) is 24.2 Å². The van der Waals surface area contributed by atoms with E-state index in [4.69, 9.17) is 9.47 Å². The number of fused-ring (bicyclic) bond motifs is 1. The molecular formula is C25H34N6O4. The van der Waals surface area contributed by atoms with Crippen molar-refractivity contribution in [2.24, 2.45) is 0 Å². The van der Waals surface area contributed by atoms with Gasteiger partial charge in [0.2, 0.25) is 0 Å². The van der Waals surface area contributed by atoms with Crippen molar-refractivity contribution < 1.29 is 14.3 Å². The van der Waals surface area contributed by atoms with Gasteiger partial charge in [-0.25, -0.2) is 4.68 Å². The minimum Gasteiger partial charge on any atom is -0.465 e. The number of H-pyrrole nitrogens is 1. The van der Waals surface area contributed by atoms with E-state index in [0.717, 1.165) is 41.5 Å². The third-order valence-corrected chi connectivity index (χ3v) is 6.48. The quantitative estimate of drug-likeness (QED) is 0.439. The number of benzene rings is 1. The average Bonchev–Trinajstić information content (AvgIpc) is 3.48. The molecule has 2 atom stereocenters. The normalized spacial score (nSPS) is 16.8. The van der Waals surface area contributed by atoms with Gasteiger partial charge in [-0.3, -0.25) is 14.5 Å². The zero-order chi connectivity index (χ0) is 24.9. The molecule has 0 saturated carbocycles. The Kier molecular flexibility index (Phi) is 7.92. The van der Waals surface area contributed by atoms with Gasteiger partial charge < -0.3 is 14.5 Å². The first-order valence-corrected chi connectivity index (χ1v) is 12.3. The zero-order valence-electron chi connectivity index (χ0n) is 20.9. The Morgan fingerprint density at radius 3 is 2.86 bits per heavy atom. The molecule has 4 rings (SSSR count). The topological polar surface area (TPSA) is 115 Å². The molecule has 0 spiro atoms. The lowest BCUT2D eigenvalue weighted by molar-refractivity contribution is -0.144. The van der Waals surface area contributed by atoms with Crippen LogP contribution in [-0.4, -0.2) is 61.9 Å². The molecule has 10 heteroatoms. The predicted molar refractivity (Wildman–Crippen MR) is 131 cm³/mol. The minimum absolute atomic E-state index is 0.0600. The lowest BCUT2D eigenvalue weighted by atomic mass is 10.0.